The maximum atomic E-state index is 4.77. The van der Waals surface area contributed by atoms with Crippen LogP contribution in [0.2, 0.25) is 0 Å². The Balaban J connectivity index is 0.000000386. The molecule has 0 fully saturated rings. The average Bonchev–Trinajstić information content (AvgIpc) is 3.88. The Labute approximate surface area is 334 Å². The van der Waals surface area contributed by atoms with Gasteiger partial charge >= 0.3 is 0 Å². The molecule has 6 heterocycles. The third kappa shape index (κ3) is 12.9. The summed E-state index contributed by atoms with van der Waals surface area (Å²) in [6, 6.07) is 1.95. The number of imidazole rings is 1. The topological polar surface area (TPSA) is 103 Å². The van der Waals surface area contributed by atoms with Crippen molar-refractivity contribution in [3.8, 4) is 0 Å². The number of hydrogen-bond donors (Lipinski definition) is 0. The van der Waals surface area contributed by atoms with Gasteiger partial charge in [0.1, 0.15) is 6.33 Å². The summed E-state index contributed by atoms with van der Waals surface area (Å²) in [5.74, 6) is 2.35. The van der Waals surface area contributed by atoms with Crippen LogP contribution in [0.15, 0.2) is 49.6 Å². The van der Waals surface area contributed by atoms with Gasteiger partial charge in [-0.3, -0.25) is 4.40 Å². The Hall–Kier alpha value is -4.21. The fourth-order valence-corrected chi connectivity index (χ4v) is 5.64. The molecule has 0 N–H and O–H groups in total. The lowest BCUT2D eigenvalue weighted by atomic mass is 9.79. The molecule has 0 radical (unpaired) electrons. The lowest BCUT2D eigenvalue weighted by Crippen LogP contribution is -2.24. The highest BCUT2D eigenvalue weighted by Crippen LogP contribution is 2.34. The van der Waals surface area contributed by atoms with E-state index in [2.05, 4.69) is 148 Å². The lowest BCUT2D eigenvalue weighted by molar-refractivity contribution is 0.510. The number of rotatable bonds is 2. The van der Waals surface area contributed by atoms with Crippen LogP contribution in [0, 0.1) is 0 Å². The highest BCUT2D eigenvalue weighted by Gasteiger charge is 2.29. The number of aromatic nitrogens is 10. The summed E-state index contributed by atoms with van der Waals surface area (Å²) in [7, 11) is 0. The van der Waals surface area contributed by atoms with Crippen molar-refractivity contribution in [1.29, 1.82) is 0 Å². The summed E-state index contributed by atoms with van der Waals surface area (Å²) in [6.45, 7) is 47.2. The molecule has 10 heteroatoms. The molecule has 0 aliphatic rings. The van der Waals surface area contributed by atoms with Gasteiger partial charge in [0.05, 0.1) is 23.3 Å². The molecule has 10 nitrogen and oxygen atoms in total. The van der Waals surface area contributed by atoms with Gasteiger partial charge in [0.25, 0.3) is 5.78 Å². The van der Waals surface area contributed by atoms with Crippen LogP contribution >= 0.6 is 0 Å². The quantitative estimate of drug-likeness (QED) is 0.173. The predicted octanol–water partition coefficient (Wildman–Crippen LogP) is 12.1. The monoisotopic (exact) mass is 757 g/mol. The second kappa shape index (κ2) is 20.1. The first kappa shape index (κ1) is 48.8. The Morgan fingerprint density at radius 1 is 0.509 bits per heavy atom. The van der Waals surface area contributed by atoms with Gasteiger partial charge in [-0.1, -0.05) is 152 Å². The van der Waals surface area contributed by atoms with Crippen molar-refractivity contribution in [3.05, 3.63) is 83.3 Å². The van der Waals surface area contributed by atoms with Gasteiger partial charge < -0.3 is 0 Å². The van der Waals surface area contributed by atoms with Crippen molar-refractivity contribution in [2.45, 2.75) is 186 Å². The van der Waals surface area contributed by atoms with E-state index < -0.39 is 0 Å². The lowest BCUT2D eigenvalue weighted by Gasteiger charge is -2.28. The van der Waals surface area contributed by atoms with Crippen LogP contribution in [0.1, 0.15) is 198 Å². The van der Waals surface area contributed by atoms with Gasteiger partial charge in [0.2, 0.25) is 5.78 Å². The van der Waals surface area contributed by atoms with Gasteiger partial charge in [-0.05, 0) is 39.4 Å². The van der Waals surface area contributed by atoms with E-state index in [0.717, 1.165) is 28.5 Å². The van der Waals surface area contributed by atoms with Gasteiger partial charge in [0, 0.05) is 47.9 Å². The first-order valence-electron chi connectivity index (χ1n) is 20.4. The van der Waals surface area contributed by atoms with Crippen LogP contribution in [0.3, 0.4) is 0 Å². The summed E-state index contributed by atoms with van der Waals surface area (Å²) in [5, 5.41) is 8.38. The minimum Gasteiger partial charge on any atom is -0.291 e. The Morgan fingerprint density at radius 2 is 1.04 bits per heavy atom. The zero-order valence-corrected chi connectivity index (χ0v) is 38.7. The van der Waals surface area contributed by atoms with Crippen molar-refractivity contribution in [2.75, 3.05) is 0 Å². The maximum Gasteiger partial charge on any atom is 0.252 e. The van der Waals surface area contributed by atoms with Crippen molar-refractivity contribution >= 4 is 17.2 Å². The Kier molecular flexibility index (Phi) is 17.8. The highest BCUT2D eigenvalue weighted by molar-refractivity contribution is 5.43. The molecule has 55 heavy (non-hydrogen) atoms. The second-order valence-corrected chi connectivity index (χ2v) is 17.7. The molecule has 0 amide bonds. The predicted molar refractivity (Wildman–Crippen MR) is 234 cm³/mol. The molecule has 6 rings (SSSR count). The summed E-state index contributed by atoms with van der Waals surface area (Å²) in [4.78, 5) is 22.4. The van der Waals surface area contributed by atoms with Crippen LogP contribution in [0.25, 0.3) is 17.2 Å². The maximum absolute atomic E-state index is 4.77. The molecule has 306 valence electrons. The molecule has 0 bridgehead atoms. The largest absolute Gasteiger partial charge is 0.291 e. The van der Waals surface area contributed by atoms with E-state index in [0.29, 0.717) is 17.6 Å². The van der Waals surface area contributed by atoms with E-state index in [1.165, 1.54) is 23.0 Å². The number of fused-ring (bicyclic) bond motifs is 3. The smallest absolute Gasteiger partial charge is 0.252 e. The van der Waals surface area contributed by atoms with Gasteiger partial charge in [-0.2, -0.15) is 15.2 Å². The van der Waals surface area contributed by atoms with Crippen molar-refractivity contribution < 1.29 is 0 Å². The zero-order valence-electron chi connectivity index (χ0n) is 38.7. The van der Waals surface area contributed by atoms with E-state index in [4.69, 9.17) is 9.97 Å². The number of nitrogens with zero attached hydrogens (tertiary/aromatic N) is 10. The summed E-state index contributed by atoms with van der Waals surface area (Å²) in [5.41, 5.74) is 8.42. The third-order valence-electron chi connectivity index (χ3n) is 8.30. The first-order valence-corrected chi connectivity index (χ1v) is 20.4. The molecule has 0 aromatic carbocycles. The van der Waals surface area contributed by atoms with Crippen LogP contribution in [0.5, 0.6) is 0 Å². The number of hydrogen-bond acceptors (Lipinski definition) is 7. The standard InChI is InChI=1S/2C14H21N3.C11H16N4.3C2H6/c1-13(2,3)10-9-17-8-7-15-12(17)16-11(10)14(4,5)6;1-13(2,3)10-9-17-11(7-8-15-17)16-12(10)14(4,5)6;1-7(2)9-5-15-11(12-6-13-15)14-10(9)8(3)4;3*1-2/h2*7-9H,1-6H3;5-8H,1-4H3;3*1-2H3. The average molecular weight is 757 g/mol. The van der Waals surface area contributed by atoms with Crippen LogP contribution in [-0.2, 0) is 21.7 Å². The minimum absolute atomic E-state index is 0.0380. The minimum atomic E-state index is 0.0380. The summed E-state index contributed by atoms with van der Waals surface area (Å²) in [6.07, 6.45) is 13.4. The van der Waals surface area contributed by atoms with Crippen LogP contribution < -0.4 is 0 Å². The van der Waals surface area contributed by atoms with Gasteiger partial charge in [0.15, 0.2) is 5.65 Å². The van der Waals surface area contributed by atoms with Crippen molar-refractivity contribution in [2.24, 2.45) is 0 Å². The van der Waals surface area contributed by atoms with Crippen molar-refractivity contribution in [3.63, 3.8) is 0 Å². The van der Waals surface area contributed by atoms with Crippen molar-refractivity contribution in [1.82, 2.24) is 48.5 Å². The molecule has 0 atom stereocenters. The molecule has 6 aromatic rings. The molecular weight excluding hydrogens is 681 g/mol. The molecule has 0 spiro atoms. The van der Waals surface area contributed by atoms with Crippen LogP contribution in [-0.4, -0.2) is 48.5 Å². The molecule has 0 unspecified atom stereocenters. The molecule has 0 saturated heterocycles. The fraction of sp³-hybridized carbons (Fsp3) is 0.622. The zero-order chi connectivity index (χ0) is 42.7. The van der Waals surface area contributed by atoms with E-state index in [1.807, 2.05) is 68.9 Å². The van der Waals surface area contributed by atoms with E-state index >= 15 is 0 Å². The highest BCUT2D eigenvalue weighted by atomic mass is 15.3. The molecular formula is C45H76N10. The molecule has 0 aliphatic carbocycles. The van der Waals surface area contributed by atoms with Gasteiger partial charge in [-0.15, -0.1) is 0 Å². The van der Waals surface area contributed by atoms with E-state index in [1.54, 1.807) is 16.9 Å². The summed E-state index contributed by atoms with van der Waals surface area (Å²) < 4.78 is 5.59. The van der Waals surface area contributed by atoms with E-state index in [-0.39, 0.29) is 21.7 Å². The summed E-state index contributed by atoms with van der Waals surface area (Å²) >= 11 is 0. The third-order valence-corrected chi connectivity index (χ3v) is 8.30. The Bertz CT molecular complexity index is 1780. The van der Waals surface area contributed by atoms with E-state index in [9.17, 15) is 0 Å². The second-order valence-electron chi connectivity index (χ2n) is 17.7. The van der Waals surface area contributed by atoms with Gasteiger partial charge in [-0.25, -0.2) is 29.0 Å². The Morgan fingerprint density at radius 3 is 1.53 bits per heavy atom. The normalized spacial score (nSPS) is 11.8. The first-order chi connectivity index (χ1) is 25.5. The van der Waals surface area contributed by atoms with Crippen LogP contribution in [0.4, 0.5) is 0 Å². The molecule has 6 aromatic heterocycles. The SMILES string of the molecule is CC.CC.CC.CC(C)(C)c1cn2ccnc2nc1C(C)(C)C.CC(C)(C)c1cn2nccc2nc1C(C)(C)C.CC(C)c1cn2ncnc2nc1C(C)C. The molecule has 0 saturated carbocycles. The molecule has 0 aliphatic heterocycles. The fourth-order valence-electron chi connectivity index (χ4n) is 5.64.